The van der Waals surface area contributed by atoms with Gasteiger partial charge in [0.1, 0.15) is 6.10 Å². The van der Waals surface area contributed by atoms with Crippen molar-refractivity contribution in [2.75, 3.05) is 13.2 Å². The van der Waals surface area contributed by atoms with Crippen molar-refractivity contribution in [1.82, 2.24) is 0 Å². The molecular weight excluding hydrogens is 176 g/mol. The van der Waals surface area contributed by atoms with Gasteiger partial charge in [0.25, 0.3) is 0 Å². The van der Waals surface area contributed by atoms with Gasteiger partial charge in [0.15, 0.2) is 0 Å². The van der Waals surface area contributed by atoms with Crippen LogP contribution in [0.5, 0.6) is 0 Å². The minimum atomic E-state index is -0.505. The Labute approximate surface area is 85.5 Å². The molecule has 0 aliphatic heterocycles. The minimum Gasteiger partial charge on any atom is -0.386 e. The summed E-state index contributed by atoms with van der Waals surface area (Å²) in [5.41, 5.74) is 3.25. The van der Waals surface area contributed by atoms with Crippen molar-refractivity contribution in [3.8, 4) is 0 Å². The van der Waals surface area contributed by atoms with Gasteiger partial charge >= 0.3 is 0 Å². The van der Waals surface area contributed by atoms with Crippen LogP contribution in [0.3, 0.4) is 0 Å². The monoisotopic (exact) mass is 194 g/mol. The highest BCUT2D eigenvalue weighted by Gasteiger charge is 2.09. The number of hydrogen-bond donors (Lipinski definition) is 1. The van der Waals surface area contributed by atoms with E-state index < -0.39 is 6.10 Å². The lowest BCUT2D eigenvalue weighted by molar-refractivity contribution is 0.0417. The van der Waals surface area contributed by atoms with E-state index in [1.54, 1.807) is 0 Å². The van der Waals surface area contributed by atoms with Crippen molar-refractivity contribution >= 4 is 0 Å². The van der Waals surface area contributed by atoms with Gasteiger partial charge in [0.2, 0.25) is 0 Å². The lowest BCUT2D eigenvalue weighted by Crippen LogP contribution is -2.08. The van der Waals surface area contributed by atoms with Crippen LogP contribution in [0.25, 0.3) is 0 Å². The van der Waals surface area contributed by atoms with Gasteiger partial charge in [0, 0.05) is 6.61 Å². The zero-order valence-electron chi connectivity index (χ0n) is 9.08. The SMILES string of the molecule is CCOCC(O)c1cc(C)ccc1C. The average Bonchev–Trinajstić information content (AvgIpc) is 2.18. The number of hydrogen-bond acceptors (Lipinski definition) is 2. The fourth-order valence-corrected chi connectivity index (χ4v) is 1.44. The van der Waals surface area contributed by atoms with E-state index in [1.165, 1.54) is 5.56 Å². The molecule has 0 aliphatic rings. The zero-order valence-corrected chi connectivity index (χ0v) is 9.08. The van der Waals surface area contributed by atoms with Crippen molar-refractivity contribution in [1.29, 1.82) is 0 Å². The molecular formula is C12H18O2. The molecule has 1 rings (SSSR count). The van der Waals surface area contributed by atoms with Gasteiger partial charge in [-0.2, -0.15) is 0 Å². The molecule has 0 saturated carbocycles. The van der Waals surface area contributed by atoms with Crippen LogP contribution in [-0.4, -0.2) is 18.3 Å². The summed E-state index contributed by atoms with van der Waals surface area (Å²) in [6.07, 6.45) is -0.505. The molecule has 78 valence electrons. The molecule has 1 aromatic carbocycles. The van der Waals surface area contributed by atoms with Crippen LogP contribution < -0.4 is 0 Å². The zero-order chi connectivity index (χ0) is 10.6. The maximum absolute atomic E-state index is 9.83. The summed E-state index contributed by atoms with van der Waals surface area (Å²) in [6.45, 7) is 6.97. The van der Waals surface area contributed by atoms with Gasteiger partial charge in [-0.1, -0.05) is 23.8 Å². The molecule has 0 bridgehead atoms. The summed E-state index contributed by atoms with van der Waals surface area (Å²) in [5.74, 6) is 0. The summed E-state index contributed by atoms with van der Waals surface area (Å²) in [4.78, 5) is 0. The molecule has 0 spiro atoms. The predicted molar refractivity (Wildman–Crippen MR) is 57.4 cm³/mol. The number of aliphatic hydroxyl groups excluding tert-OH is 1. The van der Waals surface area contributed by atoms with Crippen LogP contribution in [0, 0.1) is 13.8 Å². The van der Waals surface area contributed by atoms with E-state index in [4.69, 9.17) is 4.74 Å². The fraction of sp³-hybridized carbons (Fsp3) is 0.500. The van der Waals surface area contributed by atoms with Gasteiger partial charge in [0.05, 0.1) is 6.61 Å². The molecule has 1 N–H and O–H groups in total. The third-order valence-electron chi connectivity index (χ3n) is 2.27. The third kappa shape index (κ3) is 2.82. The molecule has 0 aromatic heterocycles. The fourth-order valence-electron chi connectivity index (χ4n) is 1.44. The highest BCUT2D eigenvalue weighted by Crippen LogP contribution is 2.19. The van der Waals surface area contributed by atoms with Crippen LogP contribution in [0.4, 0.5) is 0 Å². The van der Waals surface area contributed by atoms with Crippen molar-refractivity contribution in [3.05, 3.63) is 34.9 Å². The highest BCUT2D eigenvalue weighted by atomic mass is 16.5. The molecule has 1 unspecified atom stereocenters. The first-order chi connectivity index (χ1) is 6.65. The van der Waals surface area contributed by atoms with Gasteiger partial charge in [-0.3, -0.25) is 0 Å². The summed E-state index contributed by atoms with van der Waals surface area (Å²) in [5, 5.41) is 9.83. The Morgan fingerprint density at radius 2 is 2.07 bits per heavy atom. The Hall–Kier alpha value is -0.860. The molecule has 0 heterocycles. The Kier molecular flexibility index (Phi) is 4.11. The maximum Gasteiger partial charge on any atom is 0.103 e. The Morgan fingerprint density at radius 3 is 2.71 bits per heavy atom. The van der Waals surface area contributed by atoms with E-state index >= 15 is 0 Å². The predicted octanol–water partition coefficient (Wildman–Crippen LogP) is 2.37. The minimum absolute atomic E-state index is 0.376. The van der Waals surface area contributed by atoms with Crippen molar-refractivity contribution in [3.63, 3.8) is 0 Å². The molecule has 1 aromatic rings. The molecule has 14 heavy (non-hydrogen) atoms. The van der Waals surface area contributed by atoms with E-state index in [2.05, 4.69) is 0 Å². The first-order valence-electron chi connectivity index (χ1n) is 4.98. The van der Waals surface area contributed by atoms with E-state index in [0.29, 0.717) is 13.2 Å². The topological polar surface area (TPSA) is 29.5 Å². The molecule has 1 atom stereocenters. The first kappa shape index (κ1) is 11.2. The Balaban J connectivity index is 2.77. The van der Waals surface area contributed by atoms with Gasteiger partial charge in [-0.15, -0.1) is 0 Å². The van der Waals surface area contributed by atoms with Gasteiger partial charge in [-0.25, -0.2) is 0 Å². The quantitative estimate of drug-likeness (QED) is 0.797. The van der Waals surface area contributed by atoms with Gasteiger partial charge in [-0.05, 0) is 31.9 Å². The van der Waals surface area contributed by atoms with Gasteiger partial charge < -0.3 is 9.84 Å². The normalized spacial score (nSPS) is 12.9. The number of ether oxygens (including phenoxy) is 1. The number of rotatable bonds is 4. The van der Waals surface area contributed by atoms with Crippen molar-refractivity contribution in [2.45, 2.75) is 26.9 Å². The van der Waals surface area contributed by atoms with E-state index in [1.807, 2.05) is 39.0 Å². The van der Waals surface area contributed by atoms with E-state index in [0.717, 1.165) is 11.1 Å². The van der Waals surface area contributed by atoms with Crippen LogP contribution in [-0.2, 0) is 4.74 Å². The standard InChI is InChI=1S/C12H18O2/c1-4-14-8-12(13)11-7-9(2)5-6-10(11)3/h5-7,12-13H,4,8H2,1-3H3. The number of aryl methyl sites for hydroxylation is 2. The lowest BCUT2D eigenvalue weighted by Gasteiger charge is -2.14. The van der Waals surface area contributed by atoms with Crippen molar-refractivity contribution in [2.24, 2.45) is 0 Å². The Bertz CT molecular complexity index is 294. The second kappa shape index (κ2) is 5.13. The van der Waals surface area contributed by atoms with Crippen LogP contribution in [0.2, 0.25) is 0 Å². The van der Waals surface area contributed by atoms with Crippen molar-refractivity contribution < 1.29 is 9.84 Å². The maximum atomic E-state index is 9.83. The third-order valence-corrected chi connectivity index (χ3v) is 2.27. The second-order valence-corrected chi connectivity index (χ2v) is 3.54. The van der Waals surface area contributed by atoms with Crippen LogP contribution >= 0.6 is 0 Å². The molecule has 2 nitrogen and oxygen atoms in total. The lowest BCUT2D eigenvalue weighted by atomic mass is 10.0. The molecule has 0 radical (unpaired) electrons. The molecule has 0 amide bonds. The summed E-state index contributed by atoms with van der Waals surface area (Å²) >= 11 is 0. The summed E-state index contributed by atoms with van der Waals surface area (Å²) in [7, 11) is 0. The number of aliphatic hydroxyl groups is 1. The van der Waals surface area contributed by atoms with E-state index in [-0.39, 0.29) is 0 Å². The largest absolute Gasteiger partial charge is 0.386 e. The molecule has 0 aliphatic carbocycles. The smallest absolute Gasteiger partial charge is 0.103 e. The Morgan fingerprint density at radius 1 is 1.36 bits per heavy atom. The first-order valence-corrected chi connectivity index (χ1v) is 4.98. The number of benzene rings is 1. The average molecular weight is 194 g/mol. The van der Waals surface area contributed by atoms with Crippen LogP contribution in [0.1, 0.15) is 29.7 Å². The van der Waals surface area contributed by atoms with Crippen LogP contribution in [0.15, 0.2) is 18.2 Å². The molecule has 0 fully saturated rings. The molecule has 2 heteroatoms. The van der Waals surface area contributed by atoms with E-state index in [9.17, 15) is 5.11 Å². The molecule has 0 saturated heterocycles. The summed E-state index contributed by atoms with van der Waals surface area (Å²) in [6, 6.07) is 6.09. The second-order valence-electron chi connectivity index (χ2n) is 3.54. The highest BCUT2D eigenvalue weighted by molar-refractivity contribution is 5.32. The summed E-state index contributed by atoms with van der Waals surface area (Å²) < 4.78 is 5.19.